The van der Waals surface area contributed by atoms with E-state index in [0.717, 1.165) is 11.3 Å². The van der Waals surface area contributed by atoms with Crippen LogP contribution in [0.25, 0.3) is 16.2 Å². The number of anilines is 1. The van der Waals surface area contributed by atoms with Crippen molar-refractivity contribution in [2.75, 3.05) is 5.73 Å². The van der Waals surface area contributed by atoms with Crippen LogP contribution in [0.5, 0.6) is 0 Å². The molecule has 0 unspecified atom stereocenters. The van der Waals surface area contributed by atoms with Gasteiger partial charge in [-0.2, -0.15) is 4.98 Å². The quantitative estimate of drug-likeness (QED) is 0.711. The van der Waals surface area contributed by atoms with E-state index in [2.05, 4.69) is 4.98 Å². The van der Waals surface area contributed by atoms with E-state index in [-0.39, 0.29) is 5.56 Å². The Balaban J connectivity index is 2.36. The number of nitrogens with zero attached hydrogens (tertiary/aromatic N) is 2. The molecule has 0 fully saturated rings. The molecule has 3 rings (SSSR count). The molecule has 1 aromatic carbocycles. The molecular formula is C12H9N3OS. The van der Waals surface area contributed by atoms with Crippen LogP contribution in [-0.2, 0) is 0 Å². The molecule has 4 nitrogen and oxygen atoms in total. The molecule has 0 saturated heterocycles. The van der Waals surface area contributed by atoms with Crippen LogP contribution in [0.15, 0.2) is 46.6 Å². The molecule has 5 heteroatoms. The van der Waals surface area contributed by atoms with Crippen LogP contribution in [0.1, 0.15) is 0 Å². The number of benzene rings is 1. The summed E-state index contributed by atoms with van der Waals surface area (Å²) in [5.41, 5.74) is 7.57. The lowest BCUT2D eigenvalue weighted by atomic mass is 10.2. The maximum atomic E-state index is 11.3. The first-order chi connectivity index (χ1) is 8.25. The fourth-order valence-electron chi connectivity index (χ4n) is 1.77. The summed E-state index contributed by atoms with van der Waals surface area (Å²) < 4.78 is 1.79. The monoisotopic (exact) mass is 243 g/mol. The normalized spacial score (nSPS) is 10.8. The number of nitrogens with two attached hydrogens (primary N) is 1. The van der Waals surface area contributed by atoms with Crippen molar-refractivity contribution in [1.82, 2.24) is 9.38 Å². The predicted molar refractivity (Wildman–Crippen MR) is 69.2 cm³/mol. The molecule has 0 spiro atoms. The Labute approximate surface area is 101 Å². The topological polar surface area (TPSA) is 60.4 Å². The lowest BCUT2D eigenvalue weighted by Gasteiger charge is -2.04. The second-order valence-corrected chi connectivity index (χ2v) is 4.46. The SMILES string of the molecule is Nc1cc(=O)nc2scc(-c3ccccc3)n12. The lowest BCUT2D eigenvalue weighted by Crippen LogP contribution is -2.10. The number of aromatic nitrogens is 2. The Kier molecular flexibility index (Phi) is 2.19. The molecule has 0 aliphatic heterocycles. The second kappa shape index (κ2) is 3.71. The molecule has 0 atom stereocenters. The number of fused-ring (bicyclic) bond motifs is 1. The molecule has 17 heavy (non-hydrogen) atoms. The van der Waals surface area contributed by atoms with Crippen LogP contribution in [-0.4, -0.2) is 9.38 Å². The van der Waals surface area contributed by atoms with Gasteiger partial charge in [0.05, 0.1) is 5.69 Å². The van der Waals surface area contributed by atoms with Crippen LogP contribution in [0.3, 0.4) is 0 Å². The maximum absolute atomic E-state index is 11.3. The average Bonchev–Trinajstić information content (AvgIpc) is 2.74. The van der Waals surface area contributed by atoms with Crippen molar-refractivity contribution >= 4 is 22.1 Å². The summed E-state index contributed by atoms with van der Waals surface area (Å²) in [4.78, 5) is 15.8. The Morgan fingerprint density at radius 3 is 2.76 bits per heavy atom. The van der Waals surface area contributed by atoms with Crippen molar-refractivity contribution in [2.45, 2.75) is 0 Å². The average molecular weight is 243 g/mol. The fourth-order valence-corrected chi connectivity index (χ4v) is 2.68. The fraction of sp³-hybridized carbons (Fsp3) is 0. The third-order valence-electron chi connectivity index (χ3n) is 2.51. The minimum Gasteiger partial charge on any atom is -0.385 e. The molecule has 3 aromatic rings. The smallest absolute Gasteiger partial charge is 0.276 e. The van der Waals surface area contributed by atoms with E-state index in [9.17, 15) is 4.79 Å². The molecule has 0 saturated carbocycles. The van der Waals surface area contributed by atoms with Crippen LogP contribution >= 0.6 is 11.3 Å². The number of thiazole rings is 1. The van der Waals surface area contributed by atoms with E-state index in [1.165, 1.54) is 17.4 Å². The Bertz CT molecular complexity index is 730. The van der Waals surface area contributed by atoms with E-state index in [4.69, 9.17) is 5.73 Å². The largest absolute Gasteiger partial charge is 0.385 e. The zero-order valence-corrected chi connectivity index (χ0v) is 9.65. The van der Waals surface area contributed by atoms with Gasteiger partial charge in [0.15, 0.2) is 4.96 Å². The first-order valence-electron chi connectivity index (χ1n) is 5.08. The zero-order chi connectivity index (χ0) is 11.8. The summed E-state index contributed by atoms with van der Waals surface area (Å²) in [6.45, 7) is 0. The summed E-state index contributed by atoms with van der Waals surface area (Å²) >= 11 is 1.41. The number of nitrogen functional groups attached to an aromatic ring is 1. The molecule has 2 aromatic heterocycles. The Morgan fingerprint density at radius 2 is 2.00 bits per heavy atom. The number of rotatable bonds is 1. The molecule has 2 heterocycles. The van der Waals surface area contributed by atoms with Crippen molar-refractivity contribution in [1.29, 1.82) is 0 Å². The Hall–Kier alpha value is -2.14. The minimum atomic E-state index is -0.302. The summed E-state index contributed by atoms with van der Waals surface area (Å²) in [6.07, 6.45) is 0. The molecule has 84 valence electrons. The molecular weight excluding hydrogens is 234 g/mol. The molecule has 0 amide bonds. The maximum Gasteiger partial charge on any atom is 0.276 e. The van der Waals surface area contributed by atoms with Gasteiger partial charge in [-0.15, -0.1) is 11.3 Å². The number of hydrogen-bond acceptors (Lipinski definition) is 4. The molecule has 2 N–H and O–H groups in total. The van der Waals surface area contributed by atoms with Crippen molar-refractivity contribution in [3.8, 4) is 11.3 Å². The van der Waals surface area contributed by atoms with Gasteiger partial charge in [0.25, 0.3) is 5.56 Å². The summed E-state index contributed by atoms with van der Waals surface area (Å²) in [7, 11) is 0. The van der Waals surface area contributed by atoms with Gasteiger partial charge in [0.1, 0.15) is 5.82 Å². The van der Waals surface area contributed by atoms with Crippen LogP contribution in [0.2, 0.25) is 0 Å². The van der Waals surface area contributed by atoms with E-state index in [1.54, 1.807) is 4.40 Å². The van der Waals surface area contributed by atoms with Gasteiger partial charge in [0.2, 0.25) is 0 Å². The van der Waals surface area contributed by atoms with Gasteiger partial charge in [-0.1, -0.05) is 30.3 Å². The highest BCUT2D eigenvalue weighted by Crippen LogP contribution is 2.26. The van der Waals surface area contributed by atoms with E-state index >= 15 is 0 Å². The van der Waals surface area contributed by atoms with Crippen molar-refractivity contribution in [3.05, 3.63) is 52.1 Å². The van der Waals surface area contributed by atoms with Gasteiger partial charge in [0, 0.05) is 11.4 Å². The summed E-state index contributed by atoms with van der Waals surface area (Å²) in [5.74, 6) is 0.417. The molecule has 0 radical (unpaired) electrons. The molecule has 0 aliphatic rings. The number of hydrogen-bond donors (Lipinski definition) is 1. The highest BCUT2D eigenvalue weighted by molar-refractivity contribution is 7.15. The van der Waals surface area contributed by atoms with Crippen LogP contribution < -0.4 is 11.3 Å². The Morgan fingerprint density at radius 1 is 1.24 bits per heavy atom. The van der Waals surface area contributed by atoms with Gasteiger partial charge in [-0.3, -0.25) is 9.20 Å². The molecule has 0 bridgehead atoms. The van der Waals surface area contributed by atoms with E-state index < -0.39 is 0 Å². The van der Waals surface area contributed by atoms with Crippen LogP contribution in [0.4, 0.5) is 5.82 Å². The summed E-state index contributed by atoms with van der Waals surface area (Å²) in [6, 6.07) is 11.2. The second-order valence-electron chi connectivity index (χ2n) is 3.62. The third-order valence-corrected chi connectivity index (χ3v) is 3.34. The van der Waals surface area contributed by atoms with Crippen molar-refractivity contribution < 1.29 is 0 Å². The van der Waals surface area contributed by atoms with Gasteiger partial charge in [-0.05, 0) is 5.56 Å². The van der Waals surface area contributed by atoms with Gasteiger partial charge >= 0.3 is 0 Å². The standard InChI is InChI=1S/C12H9N3OS/c13-10-6-11(16)14-12-15(10)9(7-17-12)8-4-2-1-3-5-8/h1-7H,13H2. The van der Waals surface area contributed by atoms with Gasteiger partial charge in [-0.25, -0.2) is 0 Å². The minimum absolute atomic E-state index is 0.302. The van der Waals surface area contributed by atoms with E-state index in [1.807, 2.05) is 35.7 Å². The molecule has 0 aliphatic carbocycles. The van der Waals surface area contributed by atoms with E-state index in [0.29, 0.717) is 10.8 Å². The van der Waals surface area contributed by atoms with Gasteiger partial charge < -0.3 is 5.73 Å². The lowest BCUT2D eigenvalue weighted by molar-refractivity contribution is 1.13. The predicted octanol–water partition coefficient (Wildman–Crippen LogP) is 2.01. The first-order valence-corrected chi connectivity index (χ1v) is 5.96. The van der Waals surface area contributed by atoms with Crippen molar-refractivity contribution in [2.24, 2.45) is 0 Å². The van der Waals surface area contributed by atoms with Crippen molar-refractivity contribution in [3.63, 3.8) is 0 Å². The third kappa shape index (κ3) is 1.60. The zero-order valence-electron chi connectivity index (χ0n) is 8.83. The highest BCUT2D eigenvalue weighted by Gasteiger charge is 2.09. The summed E-state index contributed by atoms with van der Waals surface area (Å²) in [5, 5.41) is 1.95. The first kappa shape index (κ1) is 10.0. The van der Waals surface area contributed by atoms with Crippen LogP contribution in [0, 0.1) is 0 Å². The highest BCUT2D eigenvalue weighted by atomic mass is 32.1.